The van der Waals surface area contributed by atoms with E-state index < -0.39 is 5.41 Å². The number of rotatable bonds is 5. The van der Waals surface area contributed by atoms with Crippen molar-refractivity contribution in [3.8, 4) is 78.7 Å². The Morgan fingerprint density at radius 1 is 0.319 bits per heavy atom. The second kappa shape index (κ2) is 14.6. The van der Waals surface area contributed by atoms with Crippen LogP contribution in [-0.4, -0.2) is 15.0 Å². The lowest BCUT2D eigenvalue weighted by Crippen LogP contribution is -2.26. The van der Waals surface area contributed by atoms with Gasteiger partial charge in [0.15, 0.2) is 17.5 Å². The number of nitrogens with zero attached hydrogens (tertiary/aromatic N) is 3. The van der Waals surface area contributed by atoms with Gasteiger partial charge in [-0.25, -0.2) is 15.0 Å². The molecule has 13 aromatic rings. The molecule has 2 aliphatic rings. The maximum absolute atomic E-state index is 7.07. The molecule has 0 amide bonds. The van der Waals surface area contributed by atoms with E-state index in [0.29, 0.717) is 17.5 Å². The van der Waals surface area contributed by atoms with Gasteiger partial charge in [-0.15, -0.1) is 11.3 Å². The van der Waals surface area contributed by atoms with Crippen molar-refractivity contribution in [2.24, 2.45) is 0 Å². The Morgan fingerprint density at radius 3 is 1.57 bits per heavy atom. The topological polar surface area (TPSA) is 51.8 Å². The Morgan fingerprint density at radius 2 is 0.884 bits per heavy atom. The molecule has 0 radical (unpaired) electrons. The molecular formula is C64H37N3OS. The minimum absolute atomic E-state index is 0.544. The molecule has 1 spiro atoms. The average molecular weight is 896 g/mol. The lowest BCUT2D eigenvalue weighted by atomic mass is 9.69. The number of thiophene rings is 1. The van der Waals surface area contributed by atoms with Crippen molar-refractivity contribution in [1.82, 2.24) is 15.0 Å². The van der Waals surface area contributed by atoms with Gasteiger partial charge < -0.3 is 4.42 Å². The third kappa shape index (κ3) is 5.59. The van der Waals surface area contributed by atoms with Crippen LogP contribution in [0.5, 0.6) is 0 Å². The summed E-state index contributed by atoms with van der Waals surface area (Å²) in [6, 6.07) is 80.7. The molecule has 10 aromatic carbocycles. The summed E-state index contributed by atoms with van der Waals surface area (Å²) < 4.78 is 9.69. The highest BCUT2D eigenvalue weighted by molar-refractivity contribution is 7.25. The molecule has 0 N–H and O–H groups in total. The summed E-state index contributed by atoms with van der Waals surface area (Å²) in [5.41, 5.74) is 18.6. The van der Waals surface area contributed by atoms with Crippen LogP contribution < -0.4 is 0 Å². The number of hydrogen-bond acceptors (Lipinski definition) is 5. The third-order valence-corrected chi connectivity index (χ3v) is 15.6. The van der Waals surface area contributed by atoms with Gasteiger partial charge in [-0.3, -0.25) is 0 Å². The van der Waals surface area contributed by atoms with E-state index in [4.69, 9.17) is 19.4 Å². The lowest BCUT2D eigenvalue weighted by molar-refractivity contribution is 0.668. The van der Waals surface area contributed by atoms with Crippen LogP contribution in [0, 0.1) is 0 Å². The highest BCUT2D eigenvalue weighted by Gasteiger charge is 2.53. The van der Waals surface area contributed by atoms with Crippen LogP contribution in [0.3, 0.4) is 0 Å². The quantitative estimate of drug-likeness (QED) is 0.173. The van der Waals surface area contributed by atoms with Crippen molar-refractivity contribution >= 4 is 53.4 Å². The fourth-order valence-corrected chi connectivity index (χ4v) is 12.7. The maximum atomic E-state index is 7.07. The highest BCUT2D eigenvalue weighted by atomic mass is 32.1. The second-order valence-corrected chi connectivity index (χ2v) is 19.3. The van der Waals surface area contributed by atoms with Crippen molar-refractivity contribution in [3.63, 3.8) is 0 Å². The third-order valence-electron chi connectivity index (χ3n) is 14.5. The SMILES string of the molecule is c1ccc(-c2cc(-c3ccc4c(c3)oc3ccc5c(c34)C3(c4ccccc4-c4ccccc43)c3cc4sc6ccccc6c4cc3-5)cc(-c3nc(-c4ccccc4)nc(-c4ccccc4)n3)c2)cc1. The largest absolute Gasteiger partial charge is 0.456 e. The number of furan rings is 1. The minimum Gasteiger partial charge on any atom is -0.456 e. The first-order chi connectivity index (χ1) is 34.2. The monoisotopic (exact) mass is 895 g/mol. The van der Waals surface area contributed by atoms with E-state index >= 15 is 0 Å². The van der Waals surface area contributed by atoms with E-state index in [1.165, 1.54) is 64.7 Å². The van der Waals surface area contributed by atoms with Crippen LogP contribution in [0.25, 0.3) is 121 Å². The van der Waals surface area contributed by atoms with Gasteiger partial charge in [-0.05, 0) is 121 Å². The number of fused-ring (bicyclic) bond motifs is 17. The number of aromatic nitrogens is 3. The fourth-order valence-electron chi connectivity index (χ4n) is 11.6. The molecule has 320 valence electrons. The summed E-state index contributed by atoms with van der Waals surface area (Å²) in [5, 5.41) is 4.88. The first kappa shape index (κ1) is 38.3. The second-order valence-electron chi connectivity index (χ2n) is 18.2. The van der Waals surface area contributed by atoms with Gasteiger partial charge in [0.2, 0.25) is 0 Å². The number of benzene rings is 10. The van der Waals surface area contributed by atoms with Crippen molar-refractivity contribution < 1.29 is 4.42 Å². The van der Waals surface area contributed by atoms with Crippen molar-refractivity contribution in [2.75, 3.05) is 0 Å². The van der Waals surface area contributed by atoms with Gasteiger partial charge in [0.25, 0.3) is 0 Å². The highest BCUT2D eigenvalue weighted by Crippen LogP contribution is 2.65. The molecule has 0 bridgehead atoms. The summed E-state index contributed by atoms with van der Waals surface area (Å²) in [6.07, 6.45) is 0. The van der Waals surface area contributed by atoms with Gasteiger partial charge >= 0.3 is 0 Å². The Hall–Kier alpha value is -8.77. The molecule has 0 atom stereocenters. The van der Waals surface area contributed by atoms with Crippen LogP contribution in [0.2, 0.25) is 0 Å². The molecule has 69 heavy (non-hydrogen) atoms. The molecule has 0 aliphatic heterocycles. The Balaban J connectivity index is 0.960. The molecule has 2 aliphatic carbocycles. The molecule has 3 heterocycles. The summed E-state index contributed by atoms with van der Waals surface area (Å²) in [5.74, 6) is 1.86. The fraction of sp³-hybridized carbons (Fsp3) is 0.0156. The van der Waals surface area contributed by atoms with Crippen molar-refractivity contribution in [1.29, 1.82) is 0 Å². The van der Waals surface area contributed by atoms with Crippen LogP contribution in [0.4, 0.5) is 0 Å². The summed E-state index contributed by atoms with van der Waals surface area (Å²) in [6.45, 7) is 0. The maximum Gasteiger partial charge on any atom is 0.164 e. The summed E-state index contributed by atoms with van der Waals surface area (Å²) in [7, 11) is 0. The van der Waals surface area contributed by atoms with Crippen LogP contribution in [0.1, 0.15) is 22.3 Å². The van der Waals surface area contributed by atoms with Crippen molar-refractivity contribution in [2.45, 2.75) is 5.41 Å². The van der Waals surface area contributed by atoms with Gasteiger partial charge in [0.05, 0.1) is 5.41 Å². The molecule has 15 rings (SSSR count). The van der Waals surface area contributed by atoms with E-state index in [2.05, 4.69) is 164 Å². The van der Waals surface area contributed by atoms with Gasteiger partial charge in [-0.2, -0.15) is 0 Å². The van der Waals surface area contributed by atoms with Crippen LogP contribution in [0.15, 0.2) is 229 Å². The van der Waals surface area contributed by atoms with Gasteiger partial charge in [-0.1, -0.05) is 170 Å². The van der Waals surface area contributed by atoms with Crippen LogP contribution in [-0.2, 0) is 5.41 Å². The van der Waals surface area contributed by atoms with Gasteiger partial charge in [0, 0.05) is 47.6 Å². The summed E-state index contributed by atoms with van der Waals surface area (Å²) in [4.78, 5) is 15.3. The first-order valence-electron chi connectivity index (χ1n) is 23.4. The van der Waals surface area contributed by atoms with E-state index in [1.807, 2.05) is 72.0 Å². The standard InChI is InChI=1S/C64H37N3OS/c1-4-16-38(17-5-1)42-32-43(34-44(33-42)63-66-61(39-18-6-2-7-19-39)65-62(67-63)40-20-8-3-9-21-40)41-28-29-49-56(35-41)68-55-31-30-48-50-36-51-47-24-12-15-27-57(47)69-58(51)37-54(50)64(60(48)59(49)55)52-25-13-10-22-45(52)46-23-11-14-26-53(46)64/h1-37H. The smallest absolute Gasteiger partial charge is 0.164 e. The molecular weight excluding hydrogens is 859 g/mol. The minimum atomic E-state index is -0.544. The zero-order chi connectivity index (χ0) is 45.2. The van der Waals surface area contributed by atoms with Gasteiger partial charge in [0.1, 0.15) is 11.2 Å². The van der Waals surface area contributed by atoms with E-state index in [-0.39, 0.29) is 0 Å². The molecule has 3 aromatic heterocycles. The average Bonchev–Trinajstić information content (AvgIpc) is 4.15. The zero-order valence-corrected chi connectivity index (χ0v) is 37.8. The van der Waals surface area contributed by atoms with E-state index in [1.54, 1.807) is 0 Å². The molecule has 4 nitrogen and oxygen atoms in total. The molecule has 0 unspecified atom stereocenters. The predicted octanol–water partition coefficient (Wildman–Crippen LogP) is 16.8. The molecule has 0 saturated carbocycles. The Kier molecular flexibility index (Phi) is 8.12. The zero-order valence-electron chi connectivity index (χ0n) is 37.0. The first-order valence-corrected chi connectivity index (χ1v) is 24.2. The van der Waals surface area contributed by atoms with E-state index in [9.17, 15) is 0 Å². The lowest BCUT2D eigenvalue weighted by Gasteiger charge is -2.31. The normalized spacial score (nSPS) is 13.0. The summed E-state index contributed by atoms with van der Waals surface area (Å²) >= 11 is 1.89. The molecule has 0 fully saturated rings. The predicted molar refractivity (Wildman–Crippen MR) is 283 cm³/mol. The Bertz CT molecular complexity index is 4150. The van der Waals surface area contributed by atoms with E-state index in [0.717, 1.165) is 60.9 Å². The Labute approximate surface area is 401 Å². The molecule has 0 saturated heterocycles. The van der Waals surface area contributed by atoms with Crippen LogP contribution >= 0.6 is 11.3 Å². The molecule has 5 heteroatoms. The number of hydrogen-bond donors (Lipinski definition) is 0. The van der Waals surface area contributed by atoms with Crippen molar-refractivity contribution in [3.05, 3.63) is 247 Å².